The van der Waals surface area contributed by atoms with Crippen molar-refractivity contribution in [1.82, 2.24) is 4.98 Å². The molecule has 0 unspecified atom stereocenters. The summed E-state index contributed by atoms with van der Waals surface area (Å²) in [7, 11) is -3.72. The standard InChI is InChI=1S/C18H15N3O4S2/c1-13-7-8-15(11-17(13)21(22)23)16-12-26-18(19-16)20-27(24,25)10-9-14-5-3-2-4-6-14/h2-12H,1H3,(H,19,20)/b10-9+. The summed E-state index contributed by atoms with van der Waals surface area (Å²) in [5.74, 6) is 0. The second-order valence-corrected chi connectivity index (χ2v) is 8.08. The Kier molecular flexibility index (Phi) is 5.33. The molecule has 9 heteroatoms. The number of aryl methyl sites for hydroxylation is 1. The maximum absolute atomic E-state index is 12.2. The molecule has 0 aliphatic heterocycles. The van der Waals surface area contributed by atoms with Crippen LogP contribution < -0.4 is 4.72 Å². The average molecular weight is 401 g/mol. The highest BCUT2D eigenvalue weighted by molar-refractivity contribution is 7.95. The number of hydrogen-bond donors (Lipinski definition) is 1. The summed E-state index contributed by atoms with van der Waals surface area (Å²) in [6.07, 6.45) is 1.49. The van der Waals surface area contributed by atoms with Gasteiger partial charge in [0.15, 0.2) is 5.13 Å². The van der Waals surface area contributed by atoms with Crippen LogP contribution in [0.3, 0.4) is 0 Å². The van der Waals surface area contributed by atoms with Gasteiger partial charge < -0.3 is 0 Å². The number of aromatic nitrogens is 1. The van der Waals surface area contributed by atoms with Crippen LogP contribution in [-0.2, 0) is 10.0 Å². The molecule has 0 fully saturated rings. The number of benzene rings is 2. The number of hydrogen-bond acceptors (Lipinski definition) is 6. The molecule has 0 saturated heterocycles. The van der Waals surface area contributed by atoms with Crippen LogP contribution in [0.2, 0.25) is 0 Å². The number of nitro groups is 1. The lowest BCUT2D eigenvalue weighted by atomic mass is 10.1. The van der Waals surface area contributed by atoms with E-state index in [0.717, 1.165) is 22.3 Å². The van der Waals surface area contributed by atoms with Crippen LogP contribution in [0.1, 0.15) is 11.1 Å². The second kappa shape index (κ2) is 7.68. The minimum Gasteiger partial charge on any atom is -0.258 e. The molecule has 0 amide bonds. The summed E-state index contributed by atoms with van der Waals surface area (Å²) in [5.41, 5.74) is 2.32. The van der Waals surface area contributed by atoms with Gasteiger partial charge in [-0.25, -0.2) is 13.4 Å². The lowest BCUT2D eigenvalue weighted by Gasteiger charge is -2.01. The van der Waals surface area contributed by atoms with E-state index in [9.17, 15) is 18.5 Å². The van der Waals surface area contributed by atoms with E-state index in [1.165, 1.54) is 12.1 Å². The molecule has 2 aromatic carbocycles. The predicted molar refractivity (Wildman–Crippen MR) is 107 cm³/mol. The molecule has 1 aromatic heterocycles. The summed E-state index contributed by atoms with van der Waals surface area (Å²) in [5, 5.41) is 14.0. The molecule has 0 saturated carbocycles. The van der Waals surface area contributed by atoms with Crippen molar-refractivity contribution >= 4 is 38.3 Å². The van der Waals surface area contributed by atoms with Crippen molar-refractivity contribution in [1.29, 1.82) is 0 Å². The van der Waals surface area contributed by atoms with Gasteiger partial charge in [-0.3, -0.25) is 14.8 Å². The van der Waals surface area contributed by atoms with Crippen molar-refractivity contribution in [3.63, 3.8) is 0 Å². The van der Waals surface area contributed by atoms with Gasteiger partial charge in [0.1, 0.15) is 0 Å². The van der Waals surface area contributed by atoms with Crippen LogP contribution in [0.4, 0.5) is 10.8 Å². The molecule has 3 aromatic rings. The third kappa shape index (κ3) is 4.78. The Morgan fingerprint density at radius 2 is 1.93 bits per heavy atom. The van der Waals surface area contributed by atoms with Crippen LogP contribution in [0.15, 0.2) is 59.3 Å². The molecule has 0 spiro atoms. The molecule has 0 aliphatic carbocycles. The van der Waals surface area contributed by atoms with Gasteiger partial charge in [-0.1, -0.05) is 42.5 Å². The minimum absolute atomic E-state index is 0.00609. The molecular formula is C18H15N3O4S2. The lowest BCUT2D eigenvalue weighted by molar-refractivity contribution is -0.385. The topological polar surface area (TPSA) is 102 Å². The maximum atomic E-state index is 12.2. The largest absolute Gasteiger partial charge is 0.272 e. The summed E-state index contributed by atoms with van der Waals surface area (Å²) in [4.78, 5) is 14.8. The molecule has 138 valence electrons. The van der Waals surface area contributed by atoms with Crippen molar-refractivity contribution in [2.45, 2.75) is 6.92 Å². The summed E-state index contributed by atoms with van der Waals surface area (Å²) < 4.78 is 26.8. The van der Waals surface area contributed by atoms with Gasteiger partial charge in [-0.05, 0) is 18.6 Å². The fraction of sp³-hybridized carbons (Fsp3) is 0.0556. The monoisotopic (exact) mass is 401 g/mol. The lowest BCUT2D eigenvalue weighted by Crippen LogP contribution is -2.08. The first-order valence-electron chi connectivity index (χ1n) is 7.81. The van der Waals surface area contributed by atoms with Gasteiger partial charge in [-0.2, -0.15) is 0 Å². The summed E-state index contributed by atoms with van der Waals surface area (Å²) >= 11 is 1.11. The number of nitrogens with one attached hydrogen (secondary N) is 1. The molecule has 1 N–H and O–H groups in total. The van der Waals surface area contributed by atoms with Crippen LogP contribution in [0.5, 0.6) is 0 Å². The molecule has 3 rings (SSSR count). The molecule has 7 nitrogen and oxygen atoms in total. The zero-order valence-electron chi connectivity index (χ0n) is 14.2. The van der Waals surface area contributed by atoms with E-state index >= 15 is 0 Å². The Hall–Kier alpha value is -3.04. The predicted octanol–water partition coefficient (Wildman–Crippen LogP) is 4.44. The molecule has 0 radical (unpaired) electrons. The SMILES string of the molecule is Cc1ccc(-c2csc(NS(=O)(=O)/C=C/c3ccccc3)n2)cc1[N+](=O)[O-]. The van der Waals surface area contributed by atoms with E-state index in [1.807, 2.05) is 18.2 Å². The zero-order valence-corrected chi connectivity index (χ0v) is 15.8. The summed E-state index contributed by atoms with van der Waals surface area (Å²) in [6.45, 7) is 1.65. The fourth-order valence-corrected chi connectivity index (χ4v) is 4.10. The van der Waals surface area contributed by atoms with Crippen molar-refractivity contribution in [3.05, 3.63) is 80.6 Å². The van der Waals surface area contributed by atoms with Crippen LogP contribution in [-0.4, -0.2) is 18.3 Å². The van der Waals surface area contributed by atoms with E-state index in [4.69, 9.17) is 0 Å². The molecule has 27 heavy (non-hydrogen) atoms. The highest BCUT2D eigenvalue weighted by Gasteiger charge is 2.15. The Bertz CT molecular complexity index is 1110. The molecule has 0 atom stereocenters. The first-order chi connectivity index (χ1) is 12.8. The fourth-order valence-electron chi connectivity index (χ4n) is 2.31. The number of nitro benzene ring substituents is 1. The quantitative estimate of drug-likeness (QED) is 0.486. The number of nitrogens with zero attached hydrogens (tertiary/aromatic N) is 2. The third-order valence-electron chi connectivity index (χ3n) is 3.67. The van der Waals surface area contributed by atoms with Gasteiger partial charge in [0.25, 0.3) is 15.7 Å². The van der Waals surface area contributed by atoms with E-state index in [0.29, 0.717) is 16.8 Å². The Morgan fingerprint density at radius 1 is 1.19 bits per heavy atom. The van der Waals surface area contributed by atoms with Crippen LogP contribution >= 0.6 is 11.3 Å². The van der Waals surface area contributed by atoms with Crippen LogP contribution in [0.25, 0.3) is 17.3 Å². The van der Waals surface area contributed by atoms with Gasteiger partial charge in [0.2, 0.25) is 0 Å². The van der Waals surface area contributed by atoms with Gasteiger partial charge in [0.05, 0.1) is 16.0 Å². The van der Waals surface area contributed by atoms with Crippen molar-refractivity contribution in [2.24, 2.45) is 0 Å². The van der Waals surface area contributed by atoms with Gasteiger partial charge >= 0.3 is 0 Å². The number of thiazole rings is 1. The molecule has 0 bridgehead atoms. The van der Waals surface area contributed by atoms with Crippen molar-refractivity contribution in [3.8, 4) is 11.3 Å². The number of sulfonamides is 1. The average Bonchev–Trinajstić information content (AvgIpc) is 3.09. The van der Waals surface area contributed by atoms with Crippen LogP contribution in [0, 0.1) is 17.0 Å². The van der Waals surface area contributed by atoms with Gasteiger partial charge in [-0.15, -0.1) is 11.3 Å². The molecule has 1 heterocycles. The Morgan fingerprint density at radius 3 is 2.63 bits per heavy atom. The van der Waals surface area contributed by atoms with E-state index < -0.39 is 14.9 Å². The van der Waals surface area contributed by atoms with Gasteiger partial charge in [0, 0.05) is 22.6 Å². The molecular weight excluding hydrogens is 386 g/mol. The van der Waals surface area contributed by atoms with E-state index in [1.54, 1.807) is 36.6 Å². The third-order valence-corrected chi connectivity index (χ3v) is 5.53. The first kappa shape index (κ1) is 18.7. The second-order valence-electron chi connectivity index (χ2n) is 5.66. The first-order valence-corrected chi connectivity index (χ1v) is 10.2. The number of anilines is 1. The van der Waals surface area contributed by atoms with Crippen molar-refractivity contribution in [2.75, 3.05) is 4.72 Å². The highest BCUT2D eigenvalue weighted by Crippen LogP contribution is 2.29. The van der Waals surface area contributed by atoms with E-state index in [2.05, 4.69) is 9.71 Å². The summed E-state index contributed by atoms with van der Waals surface area (Å²) in [6, 6.07) is 13.8. The highest BCUT2D eigenvalue weighted by atomic mass is 32.2. The normalized spacial score (nSPS) is 11.6. The van der Waals surface area contributed by atoms with E-state index in [-0.39, 0.29) is 10.8 Å². The van der Waals surface area contributed by atoms with Crippen molar-refractivity contribution < 1.29 is 13.3 Å². The maximum Gasteiger partial charge on any atom is 0.272 e. The zero-order chi connectivity index (χ0) is 19.4. The number of rotatable bonds is 6. The minimum atomic E-state index is -3.72. The molecule has 0 aliphatic rings. The smallest absolute Gasteiger partial charge is 0.258 e. The Balaban J connectivity index is 1.79. The Labute approximate surface area is 160 Å².